The summed E-state index contributed by atoms with van der Waals surface area (Å²) in [5, 5.41) is 12.8. The number of fused-ring (bicyclic) bond motifs is 1. The number of aromatic nitrogens is 3. The first-order chi connectivity index (χ1) is 7.27. The Kier molecular flexibility index (Phi) is 2.23. The van der Waals surface area contributed by atoms with Crippen LogP contribution in [0.15, 0.2) is 18.6 Å². The molecule has 6 heteroatoms. The van der Waals surface area contributed by atoms with E-state index < -0.39 is 6.04 Å². The molecule has 1 atom stereocenters. The molecule has 0 saturated heterocycles. The Hall–Kier alpha value is -2.13. The number of nitriles is 1. The van der Waals surface area contributed by atoms with Crippen molar-refractivity contribution in [3.8, 4) is 11.9 Å². The van der Waals surface area contributed by atoms with Crippen LogP contribution in [-0.2, 0) is 0 Å². The van der Waals surface area contributed by atoms with Crippen LogP contribution in [0.2, 0.25) is 0 Å². The van der Waals surface area contributed by atoms with E-state index >= 15 is 0 Å². The molecule has 1 unspecified atom stereocenters. The van der Waals surface area contributed by atoms with Crippen LogP contribution in [0.1, 0.15) is 11.6 Å². The highest BCUT2D eigenvalue weighted by Crippen LogP contribution is 2.23. The molecule has 0 aliphatic heterocycles. The zero-order valence-corrected chi connectivity index (χ0v) is 8.08. The molecule has 0 spiro atoms. The third kappa shape index (κ3) is 1.39. The SMILES string of the molecule is COc1nccn2ncc(C(N)C#N)c12. The van der Waals surface area contributed by atoms with Crippen molar-refractivity contribution in [2.45, 2.75) is 6.04 Å². The summed E-state index contributed by atoms with van der Waals surface area (Å²) in [6, 6.07) is 1.23. The highest BCUT2D eigenvalue weighted by Gasteiger charge is 2.15. The van der Waals surface area contributed by atoms with Gasteiger partial charge in [-0.3, -0.25) is 0 Å². The Morgan fingerprint density at radius 2 is 2.47 bits per heavy atom. The molecule has 0 radical (unpaired) electrons. The Morgan fingerprint density at radius 1 is 1.67 bits per heavy atom. The van der Waals surface area contributed by atoms with Crippen LogP contribution in [-0.4, -0.2) is 21.7 Å². The van der Waals surface area contributed by atoms with Gasteiger partial charge in [0.25, 0.3) is 0 Å². The predicted octanol–water partition coefficient (Wildman–Crippen LogP) is 0.261. The summed E-state index contributed by atoms with van der Waals surface area (Å²) in [7, 11) is 1.51. The molecule has 0 aliphatic rings. The molecule has 2 N–H and O–H groups in total. The summed E-state index contributed by atoms with van der Waals surface area (Å²) in [5.74, 6) is 0.413. The van der Waals surface area contributed by atoms with E-state index in [1.165, 1.54) is 7.11 Å². The summed E-state index contributed by atoms with van der Waals surface area (Å²) in [4.78, 5) is 4.03. The molecule has 0 aromatic carbocycles. The highest BCUT2D eigenvalue weighted by molar-refractivity contribution is 5.63. The fourth-order valence-electron chi connectivity index (χ4n) is 1.38. The Morgan fingerprint density at radius 3 is 3.13 bits per heavy atom. The number of methoxy groups -OCH3 is 1. The maximum absolute atomic E-state index is 8.76. The van der Waals surface area contributed by atoms with E-state index in [2.05, 4.69) is 10.1 Å². The molecular weight excluding hydrogens is 194 g/mol. The van der Waals surface area contributed by atoms with Gasteiger partial charge in [0, 0.05) is 18.0 Å². The van der Waals surface area contributed by atoms with E-state index in [0.717, 1.165) is 0 Å². The zero-order chi connectivity index (χ0) is 10.8. The average molecular weight is 203 g/mol. The van der Waals surface area contributed by atoms with Crippen LogP contribution in [0.5, 0.6) is 5.88 Å². The molecule has 0 saturated carbocycles. The third-order valence-corrected chi connectivity index (χ3v) is 2.09. The van der Waals surface area contributed by atoms with Gasteiger partial charge in [0.15, 0.2) is 0 Å². The molecular formula is C9H9N5O. The van der Waals surface area contributed by atoms with Crippen LogP contribution in [0.25, 0.3) is 5.52 Å². The quantitative estimate of drug-likeness (QED) is 0.756. The topological polar surface area (TPSA) is 89.2 Å². The number of ether oxygens (including phenoxy) is 1. The van der Waals surface area contributed by atoms with E-state index in [9.17, 15) is 0 Å². The van der Waals surface area contributed by atoms with Gasteiger partial charge < -0.3 is 10.5 Å². The van der Waals surface area contributed by atoms with Crippen LogP contribution < -0.4 is 10.5 Å². The lowest BCUT2D eigenvalue weighted by atomic mass is 10.1. The van der Waals surface area contributed by atoms with Crippen molar-refractivity contribution in [1.82, 2.24) is 14.6 Å². The summed E-state index contributed by atoms with van der Waals surface area (Å²) in [6.07, 6.45) is 4.79. The fourth-order valence-corrected chi connectivity index (χ4v) is 1.38. The van der Waals surface area contributed by atoms with E-state index in [0.29, 0.717) is 17.0 Å². The van der Waals surface area contributed by atoms with Crippen molar-refractivity contribution in [2.75, 3.05) is 7.11 Å². The smallest absolute Gasteiger partial charge is 0.240 e. The maximum atomic E-state index is 8.76. The minimum absolute atomic E-state index is 0.413. The number of hydrogen-bond donors (Lipinski definition) is 1. The van der Waals surface area contributed by atoms with Gasteiger partial charge in [0.05, 0.1) is 19.4 Å². The monoisotopic (exact) mass is 203 g/mol. The molecule has 0 bridgehead atoms. The van der Waals surface area contributed by atoms with Crippen LogP contribution in [0.4, 0.5) is 0 Å². The molecule has 2 aromatic heterocycles. The van der Waals surface area contributed by atoms with Crippen LogP contribution >= 0.6 is 0 Å². The predicted molar refractivity (Wildman–Crippen MR) is 52.1 cm³/mol. The van der Waals surface area contributed by atoms with Gasteiger partial charge in [0.1, 0.15) is 11.6 Å². The first-order valence-corrected chi connectivity index (χ1v) is 4.29. The number of hydrogen-bond acceptors (Lipinski definition) is 5. The van der Waals surface area contributed by atoms with Crippen molar-refractivity contribution >= 4 is 5.52 Å². The van der Waals surface area contributed by atoms with Crippen molar-refractivity contribution in [2.24, 2.45) is 5.73 Å². The minimum Gasteiger partial charge on any atom is -0.479 e. The lowest BCUT2D eigenvalue weighted by Gasteiger charge is -2.04. The van der Waals surface area contributed by atoms with Gasteiger partial charge >= 0.3 is 0 Å². The van der Waals surface area contributed by atoms with Crippen LogP contribution in [0, 0.1) is 11.3 Å². The molecule has 6 nitrogen and oxygen atoms in total. The zero-order valence-electron chi connectivity index (χ0n) is 8.08. The summed E-state index contributed by atoms with van der Waals surface area (Å²) >= 11 is 0. The van der Waals surface area contributed by atoms with Gasteiger partial charge in [0.2, 0.25) is 5.88 Å². The van der Waals surface area contributed by atoms with Gasteiger partial charge in [-0.25, -0.2) is 9.50 Å². The van der Waals surface area contributed by atoms with Crippen molar-refractivity contribution in [1.29, 1.82) is 5.26 Å². The van der Waals surface area contributed by atoms with Gasteiger partial charge in [-0.1, -0.05) is 0 Å². The maximum Gasteiger partial charge on any atom is 0.240 e. The Balaban J connectivity index is 2.72. The van der Waals surface area contributed by atoms with E-state index in [-0.39, 0.29) is 0 Å². The van der Waals surface area contributed by atoms with E-state index in [1.807, 2.05) is 6.07 Å². The van der Waals surface area contributed by atoms with Gasteiger partial charge in [-0.05, 0) is 0 Å². The third-order valence-electron chi connectivity index (χ3n) is 2.09. The average Bonchev–Trinajstić information content (AvgIpc) is 2.71. The first kappa shape index (κ1) is 9.43. The normalized spacial score (nSPS) is 12.3. The summed E-state index contributed by atoms with van der Waals surface area (Å²) in [5.41, 5.74) is 6.88. The minimum atomic E-state index is -0.722. The van der Waals surface area contributed by atoms with E-state index in [1.54, 1.807) is 23.1 Å². The summed E-state index contributed by atoms with van der Waals surface area (Å²) in [6.45, 7) is 0. The molecule has 0 amide bonds. The van der Waals surface area contributed by atoms with Crippen LogP contribution in [0.3, 0.4) is 0 Å². The second-order valence-electron chi connectivity index (χ2n) is 2.94. The second kappa shape index (κ2) is 3.55. The van der Waals surface area contributed by atoms with Gasteiger partial charge in [-0.2, -0.15) is 10.4 Å². The van der Waals surface area contributed by atoms with Crippen molar-refractivity contribution < 1.29 is 4.74 Å². The molecule has 2 aromatic rings. The van der Waals surface area contributed by atoms with E-state index in [4.69, 9.17) is 15.7 Å². The Bertz CT molecular complexity index is 527. The lowest BCUT2D eigenvalue weighted by Crippen LogP contribution is -2.07. The molecule has 0 fully saturated rings. The molecule has 2 heterocycles. The number of nitrogens with zero attached hydrogens (tertiary/aromatic N) is 4. The Labute approximate surface area is 85.9 Å². The van der Waals surface area contributed by atoms with Gasteiger partial charge in [-0.15, -0.1) is 0 Å². The van der Waals surface area contributed by atoms with Crippen molar-refractivity contribution in [3.05, 3.63) is 24.2 Å². The standard InChI is InChI=1S/C9H9N5O/c1-15-9-8-6(7(11)4-10)5-13-14(8)3-2-12-9/h2-3,5,7H,11H2,1H3. The first-order valence-electron chi connectivity index (χ1n) is 4.29. The molecule has 2 rings (SSSR count). The summed E-state index contributed by atoms with van der Waals surface area (Å²) < 4.78 is 6.67. The molecule has 76 valence electrons. The second-order valence-corrected chi connectivity index (χ2v) is 2.94. The molecule has 15 heavy (non-hydrogen) atoms. The van der Waals surface area contributed by atoms with Crippen molar-refractivity contribution in [3.63, 3.8) is 0 Å². The fraction of sp³-hybridized carbons (Fsp3) is 0.222. The largest absolute Gasteiger partial charge is 0.479 e. The lowest BCUT2D eigenvalue weighted by molar-refractivity contribution is 0.400. The molecule has 0 aliphatic carbocycles. The number of rotatable bonds is 2. The number of nitrogens with two attached hydrogens (primary N) is 1. The highest BCUT2D eigenvalue weighted by atomic mass is 16.5.